The highest BCUT2D eigenvalue weighted by Crippen LogP contribution is 2.33. The lowest BCUT2D eigenvalue weighted by Gasteiger charge is -2.37. The third-order valence-electron chi connectivity index (χ3n) is 5.32. The van der Waals surface area contributed by atoms with Crippen LogP contribution in [0.2, 0.25) is 0 Å². The second kappa shape index (κ2) is 6.25. The van der Waals surface area contributed by atoms with Crippen LogP contribution < -0.4 is 0 Å². The number of piperidine rings is 2. The van der Waals surface area contributed by atoms with E-state index in [4.69, 9.17) is 0 Å². The predicted octanol–water partition coefficient (Wildman–Crippen LogP) is 2.65. The largest absolute Gasteiger partial charge is 0.342 e. The Morgan fingerprint density at radius 2 is 1.37 bits per heavy atom. The number of hydrogen-bond acceptors (Lipinski definition) is 2. The van der Waals surface area contributed by atoms with Crippen molar-refractivity contribution >= 4 is 5.91 Å². The maximum Gasteiger partial charge on any atom is 0.227 e. The molecule has 108 valence electrons. The van der Waals surface area contributed by atoms with E-state index in [1.54, 1.807) is 0 Å². The smallest absolute Gasteiger partial charge is 0.227 e. The molecule has 0 aromatic carbocycles. The first-order valence-electron chi connectivity index (χ1n) is 8.39. The molecule has 1 aliphatic carbocycles. The molecule has 3 heteroatoms. The maximum atomic E-state index is 12.8. The first-order valence-corrected chi connectivity index (χ1v) is 8.39. The van der Waals surface area contributed by atoms with Crippen molar-refractivity contribution < 1.29 is 4.79 Å². The fraction of sp³-hybridized carbons (Fsp3) is 0.938. The summed E-state index contributed by atoms with van der Waals surface area (Å²) in [5.41, 5.74) is 0. The molecule has 0 aromatic heterocycles. The molecule has 3 nitrogen and oxygen atoms in total. The Labute approximate surface area is 117 Å². The van der Waals surface area contributed by atoms with Gasteiger partial charge in [-0.25, -0.2) is 0 Å². The van der Waals surface area contributed by atoms with Crippen molar-refractivity contribution in [1.82, 2.24) is 9.80 Å². The summed E-state index contributed by atoms with van der Waals surface area (Å²) in [5, 5.41) is 0. The summed E-state index contributed by atoms with van der Waals surface area (Å²) in [6, 6.07) is 0.565. The molecule has 3 rings (SSSR count). The Kier molecular flexibility index (Phi) is 4.42. The Morgan fingerprint density at radius 3 is 2.05 bits per heavy atom. The van der Waals surface area contributed by atoms with Gasteiger partial charge in [0.05, 0.1) is 5.92 Å². The Hall–Kier alpha value is -0.570. The Morgan fingerprint density at radius 1 is 0.737 bits per heavy atom. The van der Waals surface area contributed by atoms with Gasteiger partial charge >= 0.3 is 0 Å². The predicted molar refractivity (Wildman–Crippen MR) is 77.0 cm³/mol. The van der Waals surface area contributed by atoms with Crippen LogP contribution in [0, 0.1) is 5.92 Å². The van der Waals surface area contributed by atoms with Crippen LogP contribution in [0.4, 0.5) is 0 Å². The van der Waals surface area contributed by atoms with Crippen LogP contribution in [-0.2, 0) is 4.79 Å². The quantitative estimate of drug-likeness (QED) is 0.765. The molecule has 0 radical (unpaired) electrons. The van der Waals surface area contributed by atoms with Gasteiger partial charge in [0.15, 0.2) is 0 Å². The number of hydrogen-bond donors (Lipinski definition) is 0. The van der Waals surface area contributed by atoms with E-state index in [0.29, 0.717) is 17.9 Å². The second-order valence-electron chi connectivity index (χ2n) is 6.59. The molecule has 2 heterocycles. The van der Waals surface area contributed by atoms with E-state index in [1.165, 1.54) is 64.5 Å². The van der Waals surface area contributed by atoms with Gasteiger partial charge in [-0.15, -0.1) is 0 Å². The lowest BCUT2D eigenvalue weighted by atomic mass is 9.96. The molecule has 1 saturated carbocycles. The zero-order valence-electron chi connectivity index (χ0n) is 12.1. The molecule has 0 aromatic rings. The number of likely N-dealkylation sites (tertiary alicyclic amines) is 2. The number of nitrogens with zero attached hydrogens (tertiary/aromatic N) is 2. The van der Waals surface area contributed by atoms with Gasteiger partial charge in [0.1, 0.15) is 0 Å². The summed E-state index contributed by atoms with van der Waals surface area (Å²) in [6.07, 6.45) is 11.4. The topological polar surface area (TPSA) is 23.6 Å². The standard InChI is InChI=1S/C16H28N2O/c19-16(18-12-5-2-6-13-18)14-8-7-9-15(14)17-10-3-1-4-11-17/h14-15H,1-13H2/t14-,15+/m1/s1. The van der Waals surface area contributed by atoms with Crippen molar-refractivity contribution in [3.8, 4) is 0 Å². The first-order chi connectivity index (χ1) is 9.36. The summed E-state index contributed by atoms with van der Waals surface area (Å²) in [6.45, 7) is 4.49. The fourth-order valence-electron chi connectivity index (χ4n) is 4.26. The highest BCUT2D eigenvalue weighted by Gasteiger charge is 2.39. The molecular weight excluding hydrogens is 236 g/mol. The first kappa shape index (κ1) is 13.4. The van der Waals surface area contributed by atoms with Gasteiger partial charge < -0.3 is 4.90 Å². The molecular formula is C16H28N2O. The van der Waals surface area contributed by atoms with E-state index in [9.17, 15) is 4.79 Å². The number of rotatable bonds is 2. The average Bonchev–Trinajstić information content (AvgIpc) is 2.98. The summed E-state index contributed by atoms with van der Waals surface area (Å²) in [5.74, 6) is 0.795. The van der Waals surface area contributed by atoms with Gasteiger partial charge in [-0.2, -0.15) is 0 Å². The van der Waals surface area contributed by atoms with Crippen molar-refractivity contribution in [2.75, 3.05) is 26.2 Å². The van der Waals surface area contributed by atoms with E-state index in [0.717, 1.165) is 19.5 Å². The zero-order valence-corrected chi connectivity index (χ0v) is 12.1. The van der Waals surface area contributed by atoms with E-state index in [1.807, 2.05) is 0 Å². The van der Waals surface area contributed by atoms with Crippen LogP contribution in [0.5, 0.6) is 0 Å². The molecule has 0 bridgehead atoms. The van der Waals surface area contributed by atoms with Gasteiger partial charge in [0.2, 0.25) is 5.91 Å². The third-order valence-corrected chi connectivity index (χ3v) is 5.32. The molecule has 2 aliphatic heterocycles. The number of carbonyl (C=O) groups excluding carboxylic acids is 1. The minimum Gasteiger partial charge on any atom is -0.342 e. The minimum atomic E-state index is 0.316. The lowest BCUT2D eigenvalue weighted by Crippen LogP contribution is -2.48. The van der Waals surface area contributed by atoms with Crippen LogP contribution in [0.15, 0.2) is 0 Å². The molecule has 2 saturated heterocycles. The van der Waals surface area contributed by atoms with Crippen molar-refractivity contribution in [2.24, 2.45) is 5.92 Å². The lowest BCUT2D eigenvalue weighted by molar-refractivity contribution is -0.138. The molecule has 0 N–H and O–H groups in total. The monoisotopic (exact) mass is 264 g/mol. The van der Waals surface area contributed by atoms with Crippen LogP contribution in [0.1, 0.15) is 57.8 Å². The van der Waals surface area contributed by atoms with E-state index >= 15 is 0 Å². The van der Waals surface area contributed by atoms with Crippen LogP contribution in [0.3, 0.4) is 0 Å². The van der Waals surface area contributed by atoms with Crippen LogP contribution in [-0.4, -0.2) is 47.9 Å². The fourth-order valence-corrected chi connectivity index (χ4v) is 4.26. The van der Waals surface area contributed by atoms with Crippen molar-refractivity contribution in [3.63, 3.8) is 0 Å². The van der Waals surface area contributed by atoms with Crippen molar-refractivity contribution in [2.45, 2.75) is 63.8 Å². The Bertz CT molecular complexity index is 306. The molecule has 2 atom stereocenters. The van der Waals surface area contributed by atoms with E-state index in [2.05, 4.69) is 9.80 Å². The summed E-state index contributed by atoms with van der Waals surface area (Å²) < 4.78 is 0. The normalized spacial score (nSPS) is 33.6. The summed E-state index contributed by atoms with van der Waals surface area (Å²) >= 11 is 0. The number of carbonyl (C=O) groups is 1. The second-order valence-corrected chi connectivity index (χ2v) is 6.59. The highest BCUT2D eigenvalue weighted by atomic mass is 16.2. The van der Waals surface area contributed by atoms with Gasteiger partial charge in [-0.3, -0.25) is 9.69 Å². The van der Waals surface area contributed by atoms with Crippen molar-refractivity contribution in [3.05, 3.63) is 0 Å². The van der Waals surface area contributed by atoms with Gasteiger partial charge in [0.25, 0.3) is 0 Å². The minimum absolute atomic E-state index is 0.316. The molecule has 0 unspecified atom stereocenters. The van der Waals surface area contributed by atoms with Gasteiger partial charge in [-0.05, 0) is 58.0 Å². The Balaban J connectivity index is 1.62. The number of amides is 1. The average molecular weight is 264 g/mol. The van der Waals surface area contributed by atoms with E-state index in [-0.39, 0.29) is 0 Å². The molecule has 3 aliphatic rings. The SMILES string of the molecule is O=C([C@@H]1CCC[C@@H]1N1CCCCC1)N1CCCCC1. The van der Waals surface area contributed by atoms with Gasteiger partial charge in [-0.1, -0.05) is 12.8 Å². The van der Waals surface area contributed by atoms with E-state index < -0.39 is 0 Å². The summed E-state index contributed by atoms with van der Waals surface area (Å²) in [7, 11) is 0. The van der Waals surface area contributed by atoms with Gasteiger partial charge in [0, 0.05) is 19.1 Å². The molecule has 0 spiro atoms. The van der Waals surface area contributed by atoms with Crippen molar-refractivity contribution in [1.29, 1.82) is 0 Å². The summed E-state index contributed by atoms with van der Waals surface area (Å²) in [4.78, 5) is 17.5. The molecule has 3 fully saturated rings. The van der Waals surface area contributed by atoms with Crippen LogP contribution >= 0.6 is 0 Å². The highest BCUT2D eigenvalue weighted by molar-refractivity contribution is 5.80. The molecule has 19 heavy (non-hydrogen) atoms. The van der Waals surface area contributed by atoms with Crippen LogP contribution in [0.25, 0.3) is 0 Å². The molecule has 1 amide bonds. The maximum absolute atomic E-state index is 12.8. The zero-order chi connectivity index (χ0) is 13.1. The third kappa shape index (κ3) is 2.96.